The standard InChI is InChI=1S/C16H14INO3/c1-10-2-4-11(5-3-10)8-15(19)18-14-7-6-12(17)9-13(14)16(20)21/h2-7,9H,8H2,1H3,(H,18,19)(H,20,21). The van der Waals surface area contributed by atoms with E-state index in [9.17, 15) is 9.59 Å². The molecular formula is C16H14INO3. The summed E-state index contributed by atoms with van der Waals surface area (Å²) in [5, 5.41) is 11.8. The van der Waals surface area contributed by atoms with E-state index in [1.54, 1.807) is 12.1 Å². The summed E-state index contributed by atoms with van der Waals surface area (Å²) in [7, 11) is 0. The van der Waals surface area contributed by atoms with Crippen LogP contribution < -0.4 is 5.32 Å². The Bertz CT molecular complexity index is 680. The van der Waals surface area contributed by atoms with Crippen LogP contribution in [0.25, 0.3) is 0 Å². The Morgan fingerprint density at radius 1 is 1.14 bits per heavy atom. The van der Waals surface area contributed by atoms with Crippen molar-refractivity contribution in [3.8, 4) is 0 Å². The van der Waals surface area contributed by atoms with Crippen LogP contribution >= 0.6 is 22.6 Å². The van der Waals surface area contributed by atoms with Gasteiger partial charge < -0.3 is 10.4 Å². The van der Waals surface area contributed by atoms with Crippen LogP contribution in [0.2, 0.25) is 0 Å². The second-order valence-corrected chi connectivity index (χ2v) is 5.95. The molecule has 1 amide bonds. The second kappa shape index (κ2) is 6.71. The Labute approximate surface area is 136 Å². The minimum absolute atomic E-state index is 0.0964. The molecule has 0 saturated carbocycles. The van der Waals surface area contributed by atoms with Gasteiger partial charge in [0.1, 0.15) is 0 Å². The van der Waals surface area contributed by atoms with Crippen molar-refractivity contribution in [1.82, 2.24) is 0 Å². The topological polar surface area (TPSA) is 66.4 Å². The van der Waals surface area contributed by atoms with Crippen LogP contribution in [0.1, 0.15) is 21.5 Å². The number of carboxylic acids is 1. The van der Waals surface area contributed by atoms with Crippen molar-refractivity contribution in [2.45, 2.75) is 13.3 Å². The number of carboxylic acid groups (broad SMARTS) is 1. The normalized spacial score (nSPS) is 10.2. The maximum atomic E-state index is 12.0. The van der Waals surface area contributed by atoms with Crippen molar-refractivity contribution in [3.63, 3.8) is 0 Å². The summed E-state index contributed by atoms with van der Waals surface area (Å²) in [5.41, 5.74) is 2.43. The molecule has 0 saturated heterocycles. The van der Waals surface area contributed by atoms with E-state index in [0.29, 0.717) is 5.69 Å². The van der Waals surface area contributed by atoms with Gasteiger partial charge in [-0.05, 0) is 53.3 Å². The fraction of sp³-hybridized carbons (Fsp3) is 0.125. The molecule has 0 fully saturated rings. The zero-order valence-electron chi connectivity index (χ0n) is 11.4. The fourth-order valence-electron chi connectivity index (χ4n) is 1.89. The molecule has 0 aromatic heterocycles. The monoisotopic (exact) mass is 395 g/mol. The number of nitrogens with one attached hydrogen (secondary N) is 1. The number of hydrogen-bond acceptors (Lipinski definition) is 2. The molecule has 4 nitrogen and oxygen atoms in total. The summed E-state index contributed by atoms with van der Waals surface area (Å²) in [4.78, 5) is 23.2. The summed E-state index contributed by atoms with van der Waals surface area (Å²) in [6, 6.07) is 12.6. The highest BCUT2D eigenvalue weighted by Gasteiger charge is 2.13. The molecule has 0 radical (unpaired) electrons. The largest absolute Gasteiger partial charge is 0.478 e. The molecule has 0 aliphatic rings. The predicted octanol–water partition coefficient (Wildman–Crippen LogP) is 3.48. The van der Waals surface area contributed by atoms with Crippen molar-refractivity contribution < 1.29 is 14.7 Å². The molecule has 2 N–H and O–H groups in total. The van der Waals surface area contributed by atoms with Gasteiger partial charge in [0, 0.05) is 3.57 Å². The summed E-state index contributed by atoms with van der Waals surface area (Å²) >= 11 is 2.03. The van der Waals surface area contributed by atoms with Gasteiger partial charge in [-0.3, -0.25) is 4.79 Å². The molecule has 0 spiro atoms. The van der Waals surface area contributed by atoms with Gasteiger partial charge in [0.2, 0.25) is 5.91 Å². The van der Waals surface area contributed by atoms with Crippen molar-refractivity contribution in [1.29, 1.82) is 0 Å². The number of aromatic carboxylic acids is 1. The number of aryl methyl sites for hydroxylation is 1. The lowest BCUT2D eigenvalue weighted by atomic mass is 10.1. The predicted molar refractivity (Wildman–Crippen MR) is 89.6 cm³/mol. The van der Waals surface area contributed by atoms with Gasteiger partial charge in [-0.1, -0.05) is 29.8 Å². The second-order valence-electron chi connectivity index (χ2n) is 4.71. The Balaban J connectivity index is 2.12. The molecule has 21 heavy (non-hydrogen) atoms. The van der Waals surface area contributed by atoms with Gasteiger partial charge in [-0.2, -0.15) is 0 Å². The first kappa shape index (κ1) is 15.5. The Kier molecular flexibility index (Phi) is 4.95. The van der Waals surface area contributed by atoms with Crippen LogP contribution in [0.4, 0.5) is 5.69 Å². The Morgan fingerprint density at radius 2 is 1.81 bits per heavy atom. The number of benzene rings is 2. The van der Waals surface area contributed by atoms with Gasteiger partial charge in [-0.25, -0.2) is 4.79 Å². The summed E-state index contributed by atoms with van der Waals surface area (Å²) in [5.74, 6) is -1.29. The van der Waals surface area contributed by atoms with Crippen LogP contribution in [0, 0.1) is 10.5 Å². The number of hydrogen-bond donors (Lipinski definition) is 2. The minimum atomic E-state index is -1.06. The molecule has 0 heterocycles. The van der Waals surface area contributed by atoms with Gasteiger partial charge in [-0.15, -0.1) is 0 Å². The van der Waals surface area contributed by atoms with E-state index >= 15 is 0 Å². The van der Waals surface area contributed by atoms with Crippen LogP contribution in [0.5, 0.6) is 0 Å². The highest BCUT2D eigenvalue weighted by molar-refractivity contribution is 14.1. The lowest BCUT2D eigenvalue weighted by Crippen LogP contribution is -2.17. The van der Waals surface area contributed by atoms with Crippen molar-refractivity contribution in [3.05, 3.63) is 62.7 Å². The van der Waals surface area contributed by atoms with Gasteiger partial charge >= 0.3 is 5.97 Å². The lowest BCUT2D eigenvalue weighted by molar-refractivity contribution is -0.115. The quantitative estimate of drug-likeness (QED) is 0.780. The van der Waals surface area contributed by atoms with Crippen LogP contribution in [0.15, 0.2) is 42.5 Å². The summed E-state index contributed by atoms with van der Waals surface area (Å²) in [6.07, 6.45) is 0.214. The fourth-order valence-corrected chi connectivity index (χ4v) is 2.38. The van der Waals surface area contributed by atoms with Crippen molar-refractivity contribution >= 4 is 40.2 Å². The Hall–Kier alpha value is -1.89. The van der Waals surface area contributed by atoms with Gasteiger partial charge in [0.15, 0.2) is 0 Å². The lowest BCUT2D eigenvalue weighted by Gasteiger charge is -2.09. The SMILES string of the molecule is Cc1ccc(CC(=O)Nc2ccc(I)cc2C(=O)O)cc1. The molecule has 108 valence electrons. The van der Waals surface area contributed by atoms with E-state index in [1.165, 1.54) is 6.07 Å². The van der Waals surface area contributed by atoms with Gasteiger partial charge in [0.05, 0.1) is 17.7 Å². The van der Waals surface area contributed by atoms with Crippen molar-refractivity contribution in [2.24, 2.45) is 0 Å². The zero-order valence-corrected chi connectivity index (χ0v) is 13.5. The average Bonchev–Trinajstić information content (AvgIpc) is 2.43. The van der Waals surface area contributed by atoms with E-state index in [0.717, 1.165) is 14.7 Å². The molecule has 0 unspecified atom stereocenters. The van der Waals surface area contributed by atoms with Gasteiger partial charge in [0.25, 0.3) is 0 Å². The van der Waals surface area contributed by atoms with E-state index < -0.39 is 5.97 Å². The maximum Gasteiger partial charge on any atom is 0.337 e. The molecular weight excluding hydrogens is 381 g/mol. The third-order valence-corrected chi connectivity index (χ3v) is 3.64. The summed E-state index contributed by atoms with van der Waals surface area (Å²) < 4.78 is 0.807. The first-order chi connectivity index (χ1) is 9.95. The molecule has 0 aliphatic carbocycles. The molecule has 2 aromatic carbocycles. The molecule has 2 rings (SSSR count). The molecule has 0 atom stereocenters. The van der Waals surface area contributed by atoms with Crippen LogP contribution in [-0.2, 0) is 11.2 Å². The third-order valence-electron chi connectivity index (χ3n) is 2.97. The molecule has 0 aliphatic heterocycles. The maximum absolute atomic E-state index is 12.0. The number of rotatable bonds is 4. The van der Waals surface area contributed by atoms with E-state index in [2.05, 4.69) is 5.32 Å². The average molecular weight is 395 g/mol. The van der Waals surface area contributed by atoms with E-state index in [4.69, 9.17) is 5.11 Å². The smallest absolute Gasteiger partial charge is 0.337 e. The number of carbonyl (C=O) groups excluding carboxylic acids is 1. The number of anilines is 1. The summed E-state index contributed by atoms with van der Waals surface area (Å²) in [6.45, 7) is 1.98. The zero-order chi connectivity index (χ0) is 15.4. The van der Waals surface area contributed by atoms with E-state index in [1.807, 2.05) is 53.8 Å². The number of halogens is 1. The first-order valence-corrected chi connectivity index (χ1v) is 7.42. The van der Waals surface area contributed by atoms with Crippen LogP contribution in [0.3, 0.4) is 0 Å². The van der Waals surface area contributed by atoms with Crippen LogP contribution in [-0.4, -0.2) is 17.0 Å². The highest BCUT2D eigenvalue weighted by atomic mass is 127. The number of carbonyl (C=O) groups is 2. The highest BCUT2D eigenvalue weighted by Crippen LogP contribution is 2.19. The molecule has 2 aromatic rings. The Morgan fingerprint density at radius 3 is 2.43 bits per heavy atom. The first-order valence-electron chi connectivity index (χ1n) is 6.34. The minimum Gasteiger partial charge on any atom is -0.478 e. The molecule has 0 bridgehead atoms. The molecule has 5 heteroatoms. The number of amides is 1. The van der Waals surface area contributed by atoms with E-state index in [-0.39, 0.29) is 17.9 Å². The third kappa shape index (κ3) is 4.29. The van der Waals surface area contributed by atoms with Crippen molar-refractivity contribution in [2.75, 3.05) is 5.32 Å².